The fourth-order valence-electron chi connectivity index (χ4n) is 1.87. The van der Waals surface area contributed by atoms with Gasteiger partial charge in [-0.25, -0.2) is 0 Å². The Kier molecular flexibility index (Phi) is 4.14. The zero-order valence-corrected chi connectivity index (χ0v) is 11.0. The van der Waals surface area contributed by atoms with E-state index < -0.39 is 0 Å². The average Bonchev–Trinajstić information content (AvgIpc) is 2.46. The van der Waals surface area contributed by atoms with Crippen molar-refractivity contribution in [1.82, 2.24) is 5.32 Å². The molecule has 2 aromatic carbocycles. The molecule has 0 aromatic heterocycles. The van der Waals surface area contributed by atoms with Crippen LogP contribution in [0.15, 0.2) is 67.3 Å². The first kappa shape index (κ1) is 13.1. The van der Waals surface area contributed by atoms with Crippen molar-refractivity contribution in [3.05, 3.63) is 83.9 Å². The molecule has 19 heavy (non-hydrogen) atoms. The molecule has 0 fully saturated rings. The molecular weight excluding hydrogens is 234 g/mol. The van der Waals surface area contributed by atoms with Gasteiger partial charge in [-0.2, -0.15) is 0 Å². The van der Waals surface area contributed by atoms with Crippen molar-refractivity contribution in [2.24, 2.45) is 0 Å². The van der Waals surface area contributed by atoms with Crippen molar-refractivity contribution in [3.63, 3.8) is 0 Å². The summed E-state index contributed by atoms with van der Waals surface area (Å²) in [6.45, 7) is 5.83. The molecule has 2 heteroatoms. The lowest BCUT2D eigenvalue weighted by atomic mass is 10.0. The fraction of sp³-hybridized carbons (Fsp3) is 0.118. The number of nitrogens with one attached hydrogen (secondary N) is 1. The van der Waals surface area contributed by atoms with Crippen LogP contribution in [0.1, 0.15) is 27.5 Å². The Bertz CT molecular complexity index is 558. The summed E-state index contributed by atoms with van der Waals surface area (Å²) in [5.74, 6) is -0.0916. The minimum Gasteiger partial charge on any atom is -0.342 e. The summed E-state index contributed by atoms with van der Waals surface area (Å²) in [7, 11) is 0. The second kappa shape index (κ2) is 6.01. The van der Waals surface area contributed by atoms with Crippen molar-refractivity contribution in [2.45, 2.75) is 13.0 Å². The van der Waals surface area contributed by atoms with Crippen molar-refractivity contribution >= 4 is 5.91 Å². The van der Waals surface area contributed by atoms with Gasteiger partial charge in [-0.05, 0) is 24.6 Å². The van der Waals surface area contributed by atoms with Crippen LogP contribution in [0, 0.1) is 6.92 Å². The van der Waals surface area contributed by atoms with E-state index in [1.54, 1.807) is 18.2 Å². The largest absolute Gasteiger partial charge is 0.342 e. The van der Waals surface area contributed by atoms with E-state index in [4.69, 9.17) is 0 Å². The van der Waals surface area contributed by atoms with Crippen molar-refractivity contribution in [2.75, 3.05) is 0 Å². The Balaban J connectivity index is 2.14. The van der Waals surface area contributed by atoms with E-state index in [0.717, 1.165) is 5.56 Å². The molecular formula is C17H17NO. The van der Waals surface area contributed by atoms with E-state index in [1.165, 1.54) is 5.56 Å². The number of hydrogen-bond acceptors (Lipinski definition) is 1. The topological polar surface area (TPSA) is 29.1 Å². The molecule has 0 bridgehead atoms. The number of hydrogen-bond donors (Lipinski definition) is 1. The molecule has 2 nitrogen and oxygen atoms in total. The lowest BCUT2D eigenvalue weighted by Gasteiger charge is -2.15. The maximum absolute atomic E-state index is 12.1. The van der Waals surface area contributed by atoms with Gasteiger partial charge in [0.1, 0.15) is 0 Å². The first-order valence-electron chi connectivity index (χ1n) is 6.26. The Morgan fingerprint density at radius 2 is 1.74 bits per heavy atom. The van der Waals surface area contributed by atoms with Gasteiger partial charge < -0.3 is 5.32 Å². The van der Waals surface area contributed by atoms with Gasteiger partial charge in [0.05, 0.1) is 6.04 Å². The smallest absolute Gasteiger partial charge is 0.252 e. The number of benzene rings is 2. The number of amides is 1. The highest BCUT2D eigenvalue weighted by Gasteiger charge is 2.12. The maximum atomic E-state index is 12.1. The third-order valence-electron chi connectivity index (χ3n) is 2.99. The van der Waals surface area contributed by atoms with E-state index in [9.17, 15) is 4.79 Å². The monoisotopic (exact) mass is 251 g/mol. The van der Waals surface area contributed by atoms with Crippen LogP contribution in [-0.2, 0) is 0 Å². The average molecular weight is 251 g/mol. The molecule has 0 aliphatic heterocycles. The highest BCUT2D eigenvalue weighted by atomic mass is 16.1. The lowest BCUT2D eigenvalue weighted by molar-refractivity contribution is 0.0944. The number of carbonyl (C=O) groups excluding carboxylic acids is 1. The van der Waals surface area contributed by atoms with Crippen LogP contribution in [0.3, 0.4) is 0 Å². The van der Waals surface area contributed by atoms with Crippen molar-refractivity contribution < 1.29 is 4.79 Å². The number of carbonyl (C=O) groups is 1. The SMILES string of the molecule is C=C[C@H](NC(=O)c1ccccc1)c1ccc(C)cc1. The van der Waals surface area contributed by atoms with E-state index in [0.29, 0.717) is 5.56 Å². The van der Waals surface area contributed by atoms with Gasteiger partial charge in [0, 0.05) is 5.56 Å². The molecule has 0 saturated carbocycles. The fourth-order valence-corrected chi connectivity index (χ4v) is 1.87. The zero-order chi connectivity index (χ0) is 13.7. The molecule has 1 atom stereocenters. The zero-order valence-electron chi connectivity index (χ0n) is 11.0. The van der Waals surface area contributed by atoms with Gasteiger partial charge in [0.25, 0.3) is 5.91 Å². The Morgan fingerprint density at radius 3 is 2.32 bits per heavy atom. The van der Waals surface area contributed by atoms with E-state index in [2.05, 4.69) is 11.9 Å². The van der Waals surface area contributed by atoms with Gasteiger partial charge in [-0.1, -0.05) is 54.1 Å². The van der Waals surface area contributed by atoms with Gasteiger partial charge in [0.15, 0.2) is 0 Å². The molecule has 0 aliphatic rings. The molecule has 0 heterocycles. The molecule has 2 rings (SSSR count). The predicted molar refractivity (Wildman–Crippen MR) is 78.0 cm³/mol. The predicted octanol–water partition coefficient (Wildman–Crippen LogP) is 3.65. The first-order chi connectivity index (χ1) is 9.20. The summed E-state index contributed by atoms with van der Waals surface area (Å²) in [5.41, 5.74) is 2.88. The second-order valence-corrected chi connectivity index (χ2v) is 4.46. The van der Waals surface area contributed by atoms with Crippen LogP contribution < -0.4 is 5.32 Å². The van der Waals surface area contributed by atoms with Crippen molar-refractivity contribution in [1.29, 1.82) is 0 Å². The summed E-state index contributed by atoms with van der Waals surface area (Å²) in [6.07, 6.45) is 1.74. The molecule has 2 aromatic rings. The summed E-state index contributed by atoms with van der Waals surface area (Å²) < 4.78 is 0. The minimum atomic E-state index is -0.173. The molecule has 0 saturated heterocycles. The van der Waals surface area contributed by atoms with Crippen LogP contribution in [0.5, 0.6) is 0 Å². The molecule has 1 amide bonds. The quantitative estimate of drug-likeness (QED) is 0.826. The van der Waals surface area contributed by atoms with Gasteiger partial charge in [0.2, 0.25) is 0 Å². The summed E-state index contributed by atoms with van der Waals surface area (Å²) in [4.78, 5) is 12.1. The molecule has 0 aliphatic carbocycles. The van der Waals surface area contributed by atoms with Crippen LogP contribution in [0.2, 0.25) is 0 Å². The molecule has 0 spiro atoms. The normalized spacial score (nSPS) is 11.6. The van der Waals surface area contributed by atoms with Gasteiger partial charge in [-0.15, -0.1) is 6.58 Å². The van der Waals surface area contributed by atoms with E-state index >= 15 is 0 Å². The summed E-state index contributed by atoms with van der Waals surface area (Å²) in [6, 6.07) is 17.1. The molecule has 0 radical (unpaired) electrons. The highest BCUT2D eigenvalue weighted by Crippen LogP contribution is 2.15. The Hall–Kier alpha value is -2.35. The third kappa shape index (κ3) is 3.32. The van der Waals surface area contributed by atoms with E-state index in [1.807, 2.05) is 49.4 Å². The van der Waals surface area contributed by atoms with Crippen LogP contribution in [0.4, 0.5) is 0 Å². The lowest BCUT2D eigenvalue weighted by Crippen LogP contribution is -2.27. The first-order valence-corrected chi connectivity index (χ1v) is 6.26. The Labute approximate surface area is 113 Å². The summed E-state index contributed by atoms with van der Waals surface area (Å²) in [5, 5.41) is 2.96. The van der Waals surface area contributed by atoms with Crippen LogP contribution >= 0.6 is 0 Å². The van der Waals surface area contributed by atoms with E-state index in [-0.39, 0.29) is 11.9 Å². The maximum Gasteiger partial charge on any atom is 0.252 e. The Morgan fingerprint density at radius 1 is 1.11 bits per heavy atom. The van der Waals surface area contributed by atoms with Gasteiger partial charge >= 0.3 is 0 Å². The molecule has 96 valence electrons. The third-order valence-corrected chi connectivity index (χ3v) is 2.99. The second-order valence-electron chi connectivity index (χ2n) is 4.46. The number of aryl methyl sites for hydroxylation is 1. The molecule has 0 unspecified atom stereocenters. The molecule has 1 N–H and O–H groups in total. The summed E-state index contributed by atoms with van der Waals surface area (Å²) >= 11 is 0. The van der Waals surface area contributed by atoms with Gasteiger partial charge in [-0.3, -0.25) is 4.79 Å². The standard InChI is InChI=1S/C17H17NO/c1-3-16(14-11-9-13(2)10-12-14)18-17(19)15-7-5-4-6-8-15/h3-12,16H,1H2,2H3,(H,18,19)/t16-/m0/s1. The highest BCUT2D eigenvalue weighted by molar-refractivity contribution is 5.94. The minimum absolute atomic E-state index is 0.0916. The van der Waals surface area contributed by atoms with Crippen LogP contribution in [0.25, 0.3) is 0 Å². The number of rotatable bonds is 4. The van der Waals surface area contributed by atoms with Crippen LogP contribution in [-0.4, -0.2) is 5.91 Å². The van der Waals surface area contributed by atoms with Crippen molar-refractivity contribution in [3.8, 4) is 0 Å².